The van der Waals surface area contributed by atoms with Gasteiger partial charge >= 0.3 is 6.18 Å². The van der Waals surface area contributed by atoms with E-state index in [0.29, 0.717) is 11.5 Å². The van der Waals surface area contributed by atoms with Gasteiger partial charge in [0.2, 0.25) is 0 Å². The molecule has 0 saturated carbocycles. The smallest absolute Gasteiger partial charge is 0.390 e. The molecule has 0 aliphatic rings. The van der Waals surface area contributed by atoms with Gasteiger partial charge in [-0.1, -0.05) is 6.07 Å². The molecule has 2 aromatic rings. The highest BCUT2D eigenvalue weighted by molar-refractivity contribution is 5.57. The summed E-state index contributed by atoms with van der Waals surface area (Å²) in [5.41, 5.74) is -0.101. The average Bonchev–Trinajstić information content (AvgIpc) is 2.38. The van der Waals surface area contributed by atoms with E-state index in [9.17, 15) is 13.2 Å². The summed E-state index contributed by atoms with van der Waals surface area (Å²) in [6, 6.07) is 6.24. The molecule has 100 valence electrons. The lowest BCUT2D eigenvalue weighted by Crippen LogP contribution is -2.05. The van der Waals surface area contributed by atoms with Gasteiger partial charge in [-0.2, -0.15) is 13.2 Å². The van der Waals surface area contributed by atoms with E-state index >= 15 is 0 Å². The van der Waals surface area contributed by atoms with Crippen molar-refractivity contribution in [2.75, 3.05) is 5.32 Å². The van der Waals surface area contributed by atoms with Crippen LogP contribution < -0.4 is 5.32 Å². The zero-order valence-electron chi connectivity index (χ0n) is 9.65. The number of aliphatic hydroxyl groups is 1. The van der Waals surface area contributed by atoms with E-state index in [1.807, 2.05) is 0 Å². The summed E-state index contributed by atoms with van der Waals surface area (Å²) in [6.45, 7) is -0.264. The fourth-order valence-corrected chi connectivity index (χ4v) is 1.47. The molecule has 0 fully saturated rings. The third-order valence-corrected chi connectivity index (χ3v) is 2.35. The molecule has 0 aliphatic carbocycles. The monoisotopic (exact) mass is 269 g/mol. The summed E-state index contributed by atoms with van der Waals surface area (Å²) in [5, 5.41) is 11.6. The van der Waals surface area contributed by atoms with Crippen LogP contribution in [0.15, 0.2) is 36.7 Å². The molecule has 1 aromatic carbocycles. The lowest BCUT2D eigenvalue weighted by atomic mass is 10.2. The van der Waals surface area contributed by atoms with Gasteiger partial charge in [-0.15, -0.1) is 0 Å². The molecule has 1 aromatic heterocycles. The van der Waals surface area contributed by atoms with Crippen molar-refractivity contribution < 1.29 is 18.3 Å². The van der Waals surface area contributed by atoms with Crippen LogP contribution in [-0.4, -0.2) is 15.1 Å². The first-order valence-corrected chi connectivity index (χ1v) is 5.35. The Balaban J connectivity index is 2.23. The predicted octanol–water partition coefficient (Wildman–Crippen LogP) is 2.73. The van der Waals surface area contributed by atoms with E-state index in [-0.39, 0.29) is 12.3 Å². The first-order chi connectivity index (χ1) is 8.99. The van der Waals surface area contributed by atoms with E-state index < -0.39 is 11.7 Å². The fraction of sp³-hybridized carbons (Fsp3) is 0.167. The van der Waals surface area contributed by atoms with Crippen LogP contribution in [0.5, 0.6) is 0 Å². The summed E-state index contributed by atoms with van der Waals surface area (Å²) in [5.74, 6) is 0.318. The van der Waals surface area contributed by atoms with Crippen LogP contribution in [0, 0.1) is 0 Å². The maximum absolute atomic E-state index is 12.5. The molecule has 19 heavy (non-hydrogen) atoms. The number of rotatable bonds is 3. The minimum absolute atomic E-state index is 0.261. The lowest BCUT2D eigenvalue weighted by molar-refractivity contribution is -0.137. The number of hydrogen-bond acceptors (Lipinski definition) is 4. The van der Waals surface area contributed by atoms with Crippen LogP contribution in [0.4, 0.5) is 24.7 Å². The Morgan fingerprint density at radius 2 is 1.95 bits per heavy atom. The van der Waals surface area contributed by atoms with Crippen molar-refractivity contribution in [3.63, 3.8) is 0 Å². The maximum Gasteiger partial charge on any atom is 0.416 e. The molecule has 0 spiro atoms. The molecule has 0 unspecified atom stereocenters. The average molecular weight is 269 g/mol. The Hall–Kier alpha value is -2.15. The third kappa shape index (κ3) is 3.41. The highest BCUT2D eigenvalue weighted by Crippen LogP contribution is 2.31. The summed E-state index contributed by atoms with van der Waals surface area (Å²) < 4.78 is 37.6. The zero-order valence-corrected chi connectivity index (χ0v) is 9.65. The third-order valence-electron chi connectivity index (χ3n) is 2.35. The van der Waals surface area contributed by atoms with Crippen molar-refractivity contribution in [3.8, 4) is 0 Å². The van der Waals surface area contributed by atoms with Crippen molar-refractivity contribution in [2.45, 2.75) is 12.8 Å². The van der Waals surface area contributed by atoms with E-state index in [0.717, 1.165) is 12.1 Å². The maximum atomic E-state index is 12.5. The Morgan fingerprint density at radius 1 is 1.16 bits per heavy atom. The molecular weight excluding hydrogens is 259 g/mol. The molecule has 7 heteroatoms. The molecular formula is C12H10F3N3O. The van der Waals surface area contributed by atoms with Crippen LogP contribution in [-0.2, 0) is 12.8 Å². The topological polar surface area (TPSA) is 58.0 Å². The van der Waals surface area contributed by atoms with Gasteiger partial charge < -0.3 is 10.4 Å². The van der Waals surface area contributed by atoms with E-state index in [1.54, 1.807) is 0 Å². The van der Waals surface area contributed by atoms with Gasteiger partial charge in [0.1, 0.15) is 12.1 Å². The molecule has 0 bridgehead atoms. The van der Waals surface area contributed by atoms with Crippen LogP contribution in [0.25, 0.3) is 0 Å². The Labute approximate surface area is 106 Å². The van der Waals surface area contributed by atoms with Crippen LogP contribution in [0.2, 0.25) is 0 Å². The van der Waals surface area contributed by atoms with Crippen LogP contribution in [0.1, 0.15) is 11.3 Å². The van der Waals surface area contributed by atoms with E-state index in [2.05, 4.69) is 15.3 Å². The predicted molar refractivity (Wildman–Crippen MR) is 62.7 cm³/mol. The second kappa shape index (κ2) is 5.23. The Morgan fingerprint density at radius 3 is 2.63 bits per heavy atom. The largest absolute Gasteiger partial charge is 0.416 e. The molecule has 0 atom stereocenters. The number of aliphatic hydroxyl groups excluding tert-OH is 1. The van der Waals surface area contributed by atoms with Gasteiger partial charge in [0.05, 0.1) is 17.9 Å². The number of alkyl halides is 3. The molecule has 2 N–H and O–H groups in total. The van der Waals surface area contributed by atoms with Crippen molar-refractivity contribution >= 4 is 11.5 Å². The molecule has 0 radical (unpaired) electrons. The highest BCUT2D eigenvalue weighted by Gasteiger charge is 2.30. The SMILES string of the molecule is OCc1cc(Nc2cccc(C(F)(F)F)c2)ncn1. The van der Waals surface area contributed by atoms with E-state index in [4.69, 9.17) is 5.11 Å². The number of nitrogens with one attached hydrogen (secondary N) is 1. The minimum atomic E-state index is -4.39. The summed E-state index contributed by atoms with van der Waals surface area (Å²) in [4.78, 5) is 7.64. The van der Waals surface area contributed by atoms with Crippen molar-refractivity contribution in [1.29, 1.82) is 0 Å². The molecule has 0 aliphatic heterocycles. The van der Waals surface area contributed by atoms with Crippen molar-refractivity contribution in [3.05, 3.63) is 47.9 Å². The normalized spacial score (nSPS) is 11.4. The second-order valence-corrected chi connectivity index (χ2v) is 3.76. The zero-order chi connectivity index (χ0) is 13.9. The summed E-state index contributed by atoms with van der Waals surface area (Å²) in [6.07, 6.45) is -3.17. The number of benzene rings is 1. The number of hydrogen-bond donors (Lipinski definition) is 2. The molecule has 0 saturated heterocycles. The minimum Gasteiger partial charge on any atom is -0.390 e. The fourth-order valence-electron chi connectivity index (χ4n) is 1.47. The lowest BCUT2D eigenvalue weighted by Gasteiger charge is -2.10. The number of aromatic nitrogens is 2. The van der Waals surface area contributed by atoms with Gasteiger partial charge in [-0.05, 0) is 18.2 Å². The van der Waals surface area contributed by atoms with Gasteiger partial charge in [-0.3, -0.25) is 0 Å². The quantitative estimate of drug-likeness (QED) is 0.899. The standard InChI is InChI=1S/C12H10F3N3O/c13-12(14,15)8-2-1-3-9(4-8)18-11-5-10(6-19)16-7-17-11/h1-5,7,19H,6H2,(H,16,17,18). The van der Waals surface area contributed by atoms with Gasteiger partial charge in [-0.25, -0.2) is 9.97 Å². The molecule has 0 amide bonds. The number of nitrogens with zero attached hydrogens (tertiary/aromatic N) is 2. The summed E-state index contributed by atoms with van der Waals surface area (Å²) >= 11 is 0. The van der Waals surface area contributed by atoms with Gasteiger partial charge in [0, 0.05) is 11.8 Å². The Kier molecular flexibility index (Phi) is 3.66. The van der Waals surface area contributed by atoms with Crippen LogP contribution >= 0.6 is 0 Å². The second-order valence-electron chi connectivity index (χ2n) is 3.76. The van der Waals surface area contributed by atoms with Gasteiger partial charge in [0.15, 0.2) is 0 Å². The van der Waals surface area contributed by atoms with Crippen LogP contribution in [0.3, 0.4) is 0 Å². The van der Waals surface area contributed by atoms with E-state index in [1.165, 1.54) is 24.5 Å². The molecule has 4 nitrogen and oxygen atoms in total. The first-order valence-electron chi connectivity index (χ1n) is 5.35. The molecule has 1 heterocycles. The Bertz CT molecular complexity index is 572. The summed E-state index contributed by atoms with van der Waals surface area (Å²) in [7, 11) is 0. The van der Waals surface area contributed by atoms with Crippen molar-refractivity contribution in [2.24, 2.45) is 0 Å². The van der Waals surface area contributed by atoms with Gasteiger partial charge in [0.25, 0.3) is 0 Å². The number of halogens is 3. The first kappa shape index (κ1) is 13.3. The highest BCUT2D eigenvalue weighted by atomic mass is 19.4. The number of anilines is 2. The molecule has 2 rings (SSSR count). The van der Waals surface area contributed by atoms with Crippen molar-refractivity contribution in [1.82, 2.24) is 9.97 Å².